The summed E-state index contributed by atoms with van der Waals surface area (Å²) in [6, 6.07) is 0.400. The van der Waals surface area contributed by atoms with Gasteiger partial charge in [0.15, 0.2) is 0 Å². The van der Waals surface area contributed by atoms with Gasteiger partial charge in [0.05, 0.1) is 17.3 Å². The molecule has 0 spiro atoms. The molecule has 19 heavy (non-hydrogen) atoms. The van der Waals surface area contributed by atoms with E-state index in [2.05, 4.69) is 16.6 Å². The van der Waals surface area contributed by atoms with Crippen LogP contribution in [-0.4, -0.2) is 26.9 Å². The van der Waals surface area contributed by atoms with Crippen LogP contribution in [0.5, 0.6) is 0 Å². The van der Waals surface area contributed by atoms with Crippen molar-refractivity contribution in [3.8, 4) is 0 Å². The molecule has 5 nitrogen and oxygen atoms in total. The molecule has 1 heterocycles. The molecule has 0 atom stereocenters. The number of aryl methyl sites for hydroxylation is 1. The highest BCUT2D eigenvalue weighted by atomic mass is 16.4. The maximum Gasteiger partial charge on any atom is 0.306 e. The quantitative estimate of drug-likeness (QED) is 0.875. The standard InChI is InChI=1S/C14H21N3O2/c1-17-8-12(13(16-17)9-2-3-9)15-11-6-4-10(5-7-11)14(18)19/h8-11,15H,2-7H2,1H3,(H,18,19). The monoisotopic (exact) mass is 263 g/mol. The van der Waals surface area contributed by atoms with Crippen molar-refractivity contribution in [2.24, 2.45) is 13.0 Å². The Morgan fingerprint density at radius 1 is 1.32 bits per heavy atom. The third-order valence-electron chi connectivity index (χ3n) is 4.26. The first-order chi connectivity index (χ1) is 9.13. The lowest BCUT2D eigenvalue weighted by Crippen LogP contribution is -2.29. The van der Waals surface area contributed by atoms with Gasteiger partial charge in [-0.15, -0.1) is 0 Å². The number of hydrogen-bond donors (Lipinski definition) is 2. The first-order valence-corrected chi connectivity index (χ1v) is 7.16. The molecule has 0 amide bonds. The van der Waals surface area contributed by atoms with Crippen LogP contribution in [0.15, 0.2) is 6.20 Å². The van der Waals surface area contributed by atoms with E-state index in [-0.39, 0.29) is 5.92 Å². The fraction of sp³-hybridized carbons (Fsp3) is 0.714. The summed E-state index contributed by atoms with van der Waals surface area (Å²) in [5, 5.41) is 17.1. The Morgan fingerprint density at radius 2 is 2.00 bits per heavy atom. The summed E-state index contributed by atoms with van der Waals surface area (Å²) in [6.07, 6.45) is 8.00. The van der Waals surface area contributed by atoms with E-state index in [0.29, 0.717) is 12.0 Å². The minimum absolute atomic E-state index is 0.144. The molecule has 2 aliphatic carbocycles. The maximum absolute atomic E-state index is 10.9. The van der Waals surface area contributed by atoms with Crippen molar-refractivity contribution in [1.82, 2.24) is 9.78 Å². The Balaban J connectivity index is 1.61. The van der Waals surface area contributed by atoms with E-state index in [0.717, 1.165) is 31.4 Å². The van der Waals surface area contributed by atoms with Crippen LogP contribution in [0.4, 0.5) is 5.69 Å². The minimum Gasteiger partial charge on any atom is -0.481 e. The van der Waals surface area contributed by atoms with Crippen LogP contribution < -0.4 is 5.32 Å². The minimum atomic E-state index is -0.640. The van der Waals surface area contributed by atoms with Gasteiger partial charge in [0, 0.05) is 25.2 Å². The zero-order valence-electron chi connectivity index (χ0n) is 11.3. The average molecular weight is 263 g/mol. The Kier molecular flexibility index (Phi) is 3.21. The maximum atomic E-state index is 10.9. The SMILES string of the molecule is Cn1cc(NC2CCC(C(=O)O)CC2)c(C2CC2)n1. The molecule has 2 fully saturated rings. The molecule has 0 aliphatic heterocycles. The zero-order valence-corrected chi connectivity index (χ0v) is 11.3. The number of rotatable bonds is 4. The number of nitrogens with one attached hydrogen (secondary N) is 1. The number of carboxylic acid groups (broad SMARTS) is 1. The summed E-state index contributed by atoms with van der Waals surface area (Å²) in [4.78, 5) is 10.9. The molecule has 2 saturated carbocycles. The molecule has 5 heteroatoms. The van der Waals surface area contributed by atoms with Crippen molar-refractivity contribution >= 4 is 11.7 Å². The second-order valence-electron chi connectivity index (χ2n) is 5.91. The van der Waals surface area contributed by atoms with Crippen molar-refractivity contribution in [3.63, 3.8) is 0 Å². The highest BCUT2D eigenvalue weighted by Gasteiger charge is 2.31. The number of aromatic nitrogens is 2. The van der Waals surface area contributed by atoms with Crippen LogP contribution in [0.1, 0.15) is 50.1 Å². The second-order valence-corrected chi connectivity index (χ2v) is 5.91. The highest BCUT2D eigenvalue weighted by molar-refractivity contribution is 5.70. The van der Waals surface area contributed by atoms with Crippen LogP contribution in [0, 0.1) is 5.92 Å². The van der Waals surface area contributed by atoms with E-state index in [9.17, 15) is 4.79 Å². The Labute approximate surface area is 113 Å². The molecule has 0 unspecified atom stereocenters. The first kappa shape index (κ1) is 12.5. The van der Waals surface area contributed by atoms with E-state index < -0.39 is 5.97 Å². The van der Waals surface area contributed by atoms with Gasteiger partial charge in [-0.2, -0.15) is 5.10 Å². The lowest BCUT2D eigenvalue weighted by molar-refractivity contribution is -0.142. The average Bonchev–Trinajstić information content (AvgIpc) is 3.15. The molecule has 0 bridgehead atoms. The summed E-state index contributed by atoms with van der Waals surface area (Å²) in [5.41, 5.74) is 2.35. The number of anilines is 1. The molecular weight excluding hydrogens is 242 g/mol. The van der Waals surface area contributed by atoms with E-state index in [4.69, 9.17) is 5.11 Å². The van der Waals surface area contributed by atoms with Crippen molar-refractivity contribution in [2.75, 3.05) is 5.32 Å². The molecule has 3 rings (SSSR count). The second kappa shape index (κ2) is 4.87. The van der Waals surface area contributed by atoms with Gasteiger partial charge in [0.25, 0.3) is 0 Å². The topological polar surface area (TPSA) is 67.2 Å². The van der Waals surface area contributed by atoms with Crippen molar-refractivity contribution in [3.05, 3.63) is 11.9 Å². The van der Waals surface area contributed by atoms with Gasteiger partial charge >= 0.3 is 5.97 Å². The number of carboxylic acids is 1. The summed E-state index contributed by atoms with van der Waals surface area (Å²) in [7, 11) is 1.96. The van der Waals surface area contributed by atoms with Crippen LogP contribution in [0.3, 0.4) is 0 Å². The van der Waals surface area contributed by atoms with E-state index in [1.165, 1.54) is 18.5 Å². The van der Waals surface area contributed by atoms with E-state index in [1.807, 2.05) is 11.7 Å². The van der Waals surface area contributed by atoms with Crippen LogP contribution in [-0.2, 0) is 11.8 Å². The van der Waals surface area contributed by atoms with Crippen molar-refractivity contribution in [2.45, 2.75) is 50.5 Å². The summed E-state index contributed by atoms with van der Waals surface area (Å²) < 4.78 is 1.87. The molecule has 2 N–H and O–H groups in total. The number of hydrogen-bond acceptors (Lipinski definition) is 3. The molecule has 104 valence electrons. The summed E-state index contributed by atoms with van der Waals surface area (Å²) >= 11 is 0. The van der Waals surface area contributed by atoms with Gasteiger partial charge in [-0.1, -0.05) is 0 Å². The van der Waals surface area contributed by atoms with Crippen LogP contribution in [0.2, 0.25) is 0 Å². The van der Waals surface area contributed by atoms with Crippen molar-refractivity contribution < 1.29 is 9.90 Å². The van der Waals surface area contributed by atoms with Gasteiger partial charge in [-0.25, -0.2) is 0 Å². The Hall–Kier alpha value is -1.52. The van der Waals surface area contributed by atoms with Gasteiger partial charge in [0.2, 0.25) is 0 Å². The van der Waals surface area contributed by atoms with Gasteiger partial charge < -0.3 is 10.4 Å². The normalized spacial score (nSPS) is 27.2. The third kappa shape index (κ3) is 2.74. The number of carbonyl (C=O) groups is 1. The lowest BCUT2D eigenvalue weighted by Gasteiger charge is -2.27. The number of aliphatic carboxylic acids is 1. The molecule has 1 aromatic heterocycles. The molecule has 0 aromatic carbocycles. The lowest BCUT2D eigenvalue weighted by atomic mass is 9.86. The molecule has 0 radical (unpaired) electrons. The Bertz CT molecular complexity index is 471. The van der Waals surface area contributed by atoms with Crippen molar-refractivity contribution in [1.29, 1.82) is 0 Å². The predicted octanol–water partition coefficient (Wildman–Crippen LogP) is 2.35. The Morgan fingerprint density at radius 3 is 2.58 bits per heavy atom. The van der Waals surface area contributed by atoms with Gasteiger partial charge in [-0.05, 0) is 38.5 Å². The number of nitrogens with zero attached hydrogens (tertiary/aromatic N) is 2. The van der Waals surface area contributed by atoms with Gasteiger partial charge in [0.1, 0.15) is 0 Å². The fourth-order valence-electron chi connectivity index (χ4n) is 2.98. The first-order valence-electron chi connectivity index (χ1n) is 7.16. The van der Waals surface area contributed by atoms with Crippen LogP contribution in [0.25, 0.3) is 0 Å². The zero-order chi connectivity index (χ0) is 13.4. The van der Waals surface area contributed by atoms with E-state index >= 15 is 0 Å². The summed E-state index contributed by atoms with van der Waals surface area (Å²) in [5.74, 6) is -0.146. The smallest absolute Gasteiger partial charge is 0.306 e. The summed E-state index contributed by atoms with van der Waals surface area (Å²) in [6.45, 7) is 0. The molecule has 2 aliphatic rings. The predicted molar refractivity (Wildman–Crippen MR) is 72.2 cm³/mol. The molecule has 1 aromatic rings. The fourth-order valence-corrected chi connectivity index (χ4v) is 2.98. The third-order valence-corrected chi connectivity index (χ3v) is 4.26. The molecule has 0 saturated heterocycles. The highest BCUT2D eigenvalue weighted by Crippen LogP contribution is 2.43. The van der Waals surface area contributed by atoms with Crippen LogP contribution >= 0.6 is 0 Å². The molecular formula is C14H21N3O2. The van der Waals surface area contributed by atoms with E-state index in [1.54, 1.807) is 0 Å². The largest absolute Gasteiger partial charge is 0.481 e. The van der Waals surface area contributed by atoms with Gasteiger partial charge in [-0.3, -0.25) is 9.48 Å².